The highest BCUT2D eigenvalue weighted by atomic mass is 16.2. The average molecular weight is 500 g/mol. The number of nitrogens with zero attached hydrogens (tertiary/aromatic N) is 4. The maximum Gasteiger partial charge on any atom is 0.229 e. The zero-order valence-electron chi connectivity index (χ0n) is 22.1. The van der Waals surface area contributed by atoms with Crippen molar-refractivity contribution in [3.05, 3.63) is 36.4 Å². The predicted octanol–water partition coefficient (Wildman–Crippen LogP) is 5.55. The third-order valence-corrected chi connectivity index (χ3v) is 7.93. The molecule has 6 rings (SSSR count). The summed E-state index contributed by atoms with van der Waals surface area (Å²) in [5, 5.41) is 11.6. The van der Waals surface area contributed by atoms with Crippen LogP contribution in [0, 0.1) is 5.41 Å². The van der Waals surface area contributed by atoms with Crippen LogP contribution in [0.15, 0.2) is 36.4 Å². The van der Waals surface area contributed by atoms with Crippen LogP contribution in [0.2, 0.25) is 0 Å². The first kappa shape index (κ1) is 24.0. The molecular formula is C29H37N7O. The molecule has 0 atom stereocenters. The number of piperidine rings is 2. The molecular weight excluding hydrogens is 462 g/mol. The normalized spacial score (nSPS) is 18.1. The number of amides is 1. The standard InChI is InChI=1S/C29H37N7O/c1-29(2,3)28(37)30-19-7-9-22-24(17-19)33-34-26(22)27-31-23-10-8-21(18-25(23)32-27)36-15-11-20(12-16-36)35-13-5-4-6-14-35/h7-10,17-18,20H,4-6,11-16H2,1-3H3,(H,30,37)(H,31,32)(H,33,34). The van der Waals surface area contributed by atoms with Gasteiger partial charge < -0.3 is 20.1 Å². The maximum absolute atomic E-state index is 12.4. The fraction of sp³-hybridized carbons (Fsp3) is 0.483. The topological polar surface area (TPSA) is 92.9 Å². The van der Waals surface area contributed by atoms with Crippen molar-refractivity contribution >= 4 is 39.2 Å². The van der Waals surface area contributed by atoms with E-state index in [0.29, 0.717) is 0 Å². The molecule has 0 unspecified atom stereocenters. The molecule has 0 spiro atoms. The number of likely N-dealkylation sites (tertiary alicyclic amines) is 1. The quantitative estimate of drug-likeness (QED) is 0.343. The van der Waals surface area contributed by atoms with Crippen molar-refractivity contribution in [3.8, 4) is 11.5 Å². The van der Waals surface area contributed by atoms with E-state index < -0.39 is 5.41 Å². The average Bonchev–Trinajstić information content (AvgIpc) is 3.52. The number of hydrogen-bond acceptors (Lipinski definition) is 5. The Bertz CT molecular complexity index is 1420. The lowest BCUT2D eigenvalue weighted by atomic mass is 9.95. The Morgan fingerprint density at radius 1 is 0.973 bits per heavy atom. The van der Waals surface area contributed by atoms with Crippen molar-refractivity contribution in [1.82, 2.24) is 25.1 Å². The van der Waals surface area contributed by atoms with Gasteiger partial charge in [-0.3, -0.25) is 9.89 Å². The molecule has 0 aliphatic carbocycles. The van der Waals surface area contributed by atoms with Gasteiger partial charge in [0.25, 0.3) is 0 Å². The Hall–Kier alpha value is -3.39. The highest BCUT2D eigenvalue weighted by Gasteiger charge is 2.26. The highest BCUT2D eigenvalue weighted by Crippen LogP contribution is 2.31. The van der Waals surface area contributed by atoms with E-state index in [1.165, 1.54) is 50.9 Å². The third kappa shape index (κ3) is 4.82. The second kappa shape index (κ2) is 9.49. The summed E-state index contributed by atoms with van der Waals surface area (Å²) >= 11 is 0. The first-order valence-electron chi connectivity index (χ1n) is 13.6. The van der Waals surface area contributed by atoms with Gasteiger partial charge in [-0.2, -0.15) is 5.10 Å². The fourth-order valence-corrected chi connectivity index (χ4v) is 5.68. The molecule has 2 aromatic heterocycles. The first-order chi connectivity index (χ1) is 17.8. The van der Waals surface area contributed by atoms with Gasteiger partial charge in [-0.15, -0.1) is 0 Å². The van der Waals surface area contributed by atoms with Crippen LogP contribution in [0.25, 0.3) is 33.5 Å². The minimum atomic E-state index is -0.454. The van der Waals surface area contributed by atoms with Gasteiger partial charge in [0, 0.05) is 41.3 Å². The second-order valence-electron chi connectivity index (χ2n) is 11.6. The van der Waals surface area contributed by atoms with Crippen molar-refractivity contribution in [2.75, 3.05) is 36.4 Å². The molecule has 2 fully saturated rings. The molecule has 0 radical (unpaired) electrons. The van der Waals surface area contributed by atoms with E-state index in [1.54, 1.807) is 0 Å². The zero-order chi connectivity index (χ0) is 25.6. The number of carbonyl (C=O) groups is 1. The molecule has 2 aliphatic heterocycles. The van der Waals surface area contributed by atoms with Gasteiger partial charge in [-0.25, -0.2) is 4.98 Å². The molecule has 3 N–H and O–H groups in total. The van der Waals surface area contributed by atoms with Gasteiger partial charge in [-0.1, -0.05) is 27.2 Å². The van der Waals surface area contributed by atoms with E-state index >= 15 is 0 Å². The lowest BCUT2D eigenvalue weighted by Gasteiger charge is -2.41. The van der Waals surface area contributed by atoms with E-state index in [0.717, 1.165) is 58.3 Å². The highest BCUT2D eigenvalue weighted by molar-refractivity contribution is 5.99. The fourth-order valence-electron chi connectivity index (χ4n) is 5.68. The zero-order valence-corrected chi connectivity index (χ0v) is 22.1. The summed E-state index contributed by atoms with van der Waals surface area (Å²) in [5.41, 5.74) is 5.16. The van der Waals surface area contributed by atoms with E-state index in [9.17, 15) is 4.79 Å². The van der Waals surface area contributed by atoms with Crippen LogP contribution in [0.4, 0.5) is 11.4 Å². The largest absolute Gasteiger partial charge is 0.371 e. The Balaban J connectivity index is 1.19. The van der Waals surface area contributed by atoms with E-state index in [1.807, 2.05) is 39.0 Å². The number of anilines is 2. The molecule has 2 aliphatic rings. The molecule has 2 saturated heterocycles. The number of carbonyl (C=O) groups excluding carboxylic acids is 1. The summed E-state index contributed by atoms with van der Waals surface area (Å²) in [6.45, 7) is 10.5. The number of rotatable bonds is 4. The minimum absolute atomic E-state index is 0.0181. The number of fused-ring (bicyclic) bond motifs is 2. The molecule has 0 bridgehead atoms. The third-order valence-electron chi connectivity index (χ3n) is 7.93. The van der Waals surface area contributed by atoms with Crippen LogP contribution in [0.1, 0.15) is 52.9 Å². The lowest BCUT2D eigenvalue weighted by Crippen LogP contribution is -2.46. The number of imidazole rings is 1. The van der Waals surface area contributed by atoms with Crippen molar-refractivity contribution in [2.24, 2.45) is 5.41 Å². The molecule has 2 aromatic carbocycles. The summed E-state index contributed by atoms with van der Waals surface area (Å²) in [4.78, 5) is 25.9. The van der Waals surface area contributed by atoms with Gasteiger partial charge in [0.15, 0.2) is 5.82 Å². The number of aromatic nitrogens is 4. The lowest BCUT2D eigenvalue weighted by molar-refractivity contribution is -0.123. The Kier molecular flexibility index (Phi) is 6.15. The van der Waals surface area contributed by atoms with Crippen LogP contribution in [-0.4, -0.2) is 63.2 Å². The summed E-state index contributed by atoms with van der Waals surface area (Å²) in [6, 6.07) is 13.1. The Morgan fingerprint density at radius 3 is 2.51 bits per heavy atom. The SMILES string of the molecule is CC(C)(C)C(=O)Nc1ccc2c(-c3nc4ccc(N5CCC(N6CCCCC6)CC5)cc4[nH]3)n[nH]c2c1. The number of hydrogen-bond donors (Lipinski definition) is 3. The van der Waals surface area contributed by atoms with Crippen LogP contribution in [-0.2, 0) is 4.79 Å². The monoisotopic (exact) mass is 499 g/mol. The van der Waals surface area contributed by atoms with Crippen LogP contribution >= 0.6 is 0 Å². The summed E-state index contributed by atoms with van der Waals surface area (Å²) in [7, 11) is 0. The number of nitrogens with one attached hydrogen (secondary N) is 3. The van der Waals surface area contributed by atoms with Gasteiger partial charge >= 0.3 is 0 Å². The second-order valence-corrected chi connectivity index (χ2v) is 11.6. The van der Waals surface area contributed by atoms with Gasteiger partial charge in [0.05, 0.1) is 16.6 Å². The molecule has 1 amide bonds. The molecule has 37 heavy (non-hydrogen) atoms. The Labute approximate surface area is 217 Å². The number of H-pyrrole nitrogens is 2. The minimum Gasteiger partial charge on any atom is -0.371 e. The summed E-state index contributed by atoms with van der Waals surface area (Å²) in [5.74, 6) is 0.726. The van der Waals surface area contributed by atoms with E-state index in [4.69, 9.17) is 4.98 Å². The smallest absolute Gasteiger partial charge is 0.229 e. The Morgan fingerprint density at radius 2 is 1.76 bits per heavy atom. The van der Waals surface area contributed by atoms with Gasteiger partial charge in [-0.05, 0) is 75.2 Å². The predicted molar refractivity (Wildman–Crippen MR) is 150 cm³/mol. The molecule has 8 heteroatoms. The number of benzene rings is 2. The van der Waals surface area contributed by atoms with Gasteiger partial charge in [0.1, 0.15) is 5.69 Å². The molecule has 4 heterocycles. The van der Waals surface area contributed by atoms with E-state index in [2.05, 4.69) is 48.5 Å². The molecule has 4 aromatic rings. The van der Waals surface area contributed by atoms with Crippen molar-refractivity contribution in [1.29, 1.82) is 0 Å². The first-order valence-corrected chi connectivity index (χ1v) is 13.6. The molecule has 194 valence electrons. The molecule has 8 nitrogen and oxygen atoms in total. The van der Waals surface area contributed by atoms with Crippen LogP contribution < -0.4 is 10.2 Å². The van der Waals surface area contributed by atoms with Crippen molar-refractivity contribution in [2.45, 2.75) is 58.9 Å². The number of aromatic amines is 2. The van der Waals surface area contributed by atoms with E-state index in [-0.39, 0.29) is 5.91 Å². The van der Waals surface area contributed by atoms with Gasteiger partial charge in [0.2, 0.25) is 5.91 Å². The van der Waals surface area contributed by atoms with Crippen LogP contribution in [0.5, 0.6) is 0 Å². The summed E-state index contributed by atoms with van der Waals surface area (Å²) in [6.07, 6.45) is 6.60. The summed E-state index contributed by atoms with van der Waals surface area (Å²) < 4.78 is 0. The molecule has 0 saturated carbocycles. The van der Waals surface area contributed by atoms with Crippen molar-refractivity contribution in [3.63, 3.8) is 0 Å². The maximum atomic E-state index is 12.4. The van der Waals surface area contributed by atoms with Crippen LogP contribution in [0.3, 0.4) is 0 Å². The van der Waals surface area contributed by atoms with Crippen molar-refractivity contribution < 1.29 is 4.79 Å².